The van der Waals surface area contributed by atoms with E-state index in [4.69, 9.17) is 21.1 Å². The van der Waals surface area contributed by atoms with E-state index in [2.05, 4.69) is 12.2 Å². The van der Waals surface area contributed by atoms with Gasteiger partial charge in [0, 0.05) is 11.1 Å². The van der Waals surface area contributed by atoms with Crippen molar-refractivity contribution >= 4 is 11.6 Å². The van der Waals surface area contributed by atoms with E-state index in [1.54, 1.807) is 7.11 Å². The van der Waals surface area contributed by atoms with Crippen LogP contribution in [0.25, 0.3) is 0 Å². The number of hydrogen-bond donors (Lipinski definition) is 1. The van der Waals surface area contributed by atoms with Gasteiger partial charge in [-0.2, -0.15) is 0 Å². The van der Waals surface area contributed by atoms with E-state index < -0.39 is 0 Å². The minimum atomic E-state index is 0.195. The fraction of sp³-hybridized carbons (Fsp3) is 0.294. The Morgan fingerprint density at radius 3 is 2.48 bits per heavy atom. The number of aryl methyl sites for hydroxylation is 1. The molecule has 2 rings (SSSR count). The Hall–Kier alpha value is -1.71. The van der Waals surface area contributed by atoms with E-state index in [-0.39, 0.29) is 6.04 Å². The second kappa shape index (κ2) is 6.83. The van der Waals surface area contributed by atoms with Crippen molar-refractivity contribution in [2.75, 3.05) is 14.2 Å². The molecule has 3 nitrogen and oxygen atoms in total. The molecule has 0 aliphatic heterocycles. The van der Waals surface area contributed by atoms with Gasteiger partial charge in [-0.05, 0) is 56.3 Å². The number of halogens is 1. The molecule has 0 saturated carbocycles. The minimum absolute atomic E-state index is 0.195. The molecule has 0 bridgehead atoms. The molecule has 2 aromatic rings. The SMILES string of the molecule is CNC(C)c1ccc(Oc2ccc(C)cc2OC)cc1Cl. The highest BCUT2D eigenvalue weighted by Gasteiger charge is 2.10. The zero-order chi connectivity index (χ0) is 15.4. The maximum atomic E-state index is 6.32. The Kier molecular flexibility index (Phi) is 5.10. The van der Waals surface area contributed by atoms with Gasteiger partial charge in [-0.3, -0.25) is 0 Å². The number of methoxy groups -OCH3 is 1. The van der Waals surface area contributed by atoms with Gasteiger partial charge in [0.05, 0.1) is 7.11 Å². The van der Waals surface area contributed by atoms with Crippen LogP contribution < -0.4 is 14.8 Å². The zero-order valence-corrected chi connectivity index (χ0v) is 13.5. The van der Waals surface area contributed by atoms with Gasteiger partial charge in [0.1, 0.15) is 5.75 Å². The summed E-state index contributed by atoms with van der Waals surface area (Å²) in [5.41, 5.74) is 2.16. The zero-order valence-electron chi connectivity index (χ0n) is 12.7. The molecule has 1 atom stereocenters. The Morgan fingerprint density at radius 1 is 1.10 bits per heavy atom. The highest BCUT2D eigenvalue weighted by molar-refractivity contribution is 6.31. The number of benzene rings is 2. The number of ether oxygens (including phenoxy) is 2. The third-order valence-electron chi connectivity index (χ3n) is 3.42. The summed E-state index contributed by atoms with van der Waals surface area (Å²) in [4.78, 5) is 0. The van der Waals surface area contributed by atoms with Gasteiger partial charge in [0.15, 0.2) is 11.5 Å². The van der Waals surface area contributed by atoms with E-state index in [9.17, 15) is 0 Å². The lowest BCUT2D eigenvalue weighted by Gasteiger charge is -2.15. The normalized spacial score (nSPS) is 12.0. The van der Waals surface area contributed by atoms with Crippen LogP contribution in [0.5, 0.6) is 17.2 Å². The van der Waals surface area contributed by atoms with Crippen molar-refractivity contribution in [3.63, 3.8) is 0 Å². The molecule has 0 aromatic heterocycles. The van der Waals surface area contributed by atoms with Crippen molar-refractivity contribution < 1.29 is 9.47 Å². The van der Waals surface area contributed by atoms with Crippen LogP contribution in [0.15, 0.2) is 36.4 Å². The Bertz CT molecular complexity index is 628. The van der Waals surface area contributed by atoms with Crippen LogP contribution in [-0.2, 0) is 0 Å². The van der Waals surface area contributed by atoms with Gasteiger partial charge in [-0.15, -0.1) is 0 Å². The Balaban J connectivity index is 2.26. The van der Waals surface area contributed by atoms with E-state index >= 15 is 0 Å². The summed E-state index contributed by atoms with van der Waals surface area (Å²) in [5.74, 6) is 2.07. The summed E-state index contributed by atoms with van der Waals surface area (Å²) >= 11 is 6.32. The van der Waals surface area contributed by atoms with Crippen LogP contribution in [0, 0.1) is 6.92 Å². The van der Waals surface area contributed by atoms with Crippen LogP contribution in [0.4, 0.5) is 0 Å². The number of hydrogen-bond acceptors (Lipinski definition) is 3. The van der Waals surface area contributed by atoms with Gasteiger partial charge < -0.3 is 14.8 Å². The summed E-state index contributed by atoms with van der Waals surface area (Å²) in [6, 6.07) is 11.7. The van der Waals surface area contributed by atoms with Crippen LogP contribution in [-0.4, -0.2) is 14.2 Å². The summed E-state index contributed by atoms with van der Waals surface area (Å²) in [6.45, 7) is 4.07. The summed E-state index contributed by atoms with van der Waals surface area (Å²) in [7, 11) is 3.54. The largest absolute Gasteiger partial charge is 0.493 e. The van der Waals surface area contributed by atoms with Crippen molar-refractivity contribution in [3.8, 4) is 17.2 Å². The first-order valence-corrected chi connectivity index (χ1v) is 7.22. The molecule has 1 unspecified atom stereocenters. The lowest BCUT2D eigenvalue weighted by atomic mass is 10.1. The lowest BCUT2D eigenvalue weighted by molar-refractivity contribution is 0.378. The molecular weight excluding hydrogens is 286 g/mol. The molecule has 0 radical (unpaired) electrons. The van der Waals surface area contributed by atoms with Gasteiger partial charge in [0.2, 0.25) is 0 Å². The highest BCUT2D eigenvalue weighted by Crippen LogP contribution is 2.34. The molecule has 0 spiro atoms. The van der Waals surface area contributed by atoms with Gasteiger partial charge >= 0.3 is 0 Å². The van der Waals surface area contributed by atoms with Crippen LogP contribution in [0.1, 0.15) is 24.1 Å². The second-order valence-electron chi connectivity index (χ2n) is 4.95. The number of rotatable bonds is 5. The van der Waals surface area contributed by atoms with Crippen molar-refractivity contribution in [2.45, 2.75) is 19.9 Å². The van der Waals surface area contributed by atoms with E-state index in [1.807, 2.05) is 50.4 Å². The average molecular weight is 306 g/mol. The quantitative estimate of drug-likeness (QED) is 0.866. The summed E-state index contributed by atoms with van der Waals surface area (Å²) in [6.07, 6.45) is 0. The first-order valence-electron chi connectivity index (χ1n) is 6.84. The van der Waals surface area contributed by atoms with Gasteiger partial charge in [0.25, 0.3) is 0 Å². The van der Waals surface area contributed by atoms with Crippen molar-refractivity contribution in [3.05, 3.63) is 52.5 Å². The van der Waals surface area contributed by atoms with E-state index in [0.29, 0.717) is 22.3 Å². The van der Waals surface area contributed by atoms with Gasteiger partial charge in [-0.25, -0.2) is 0 Å². The molecule has 1 N–H and O–H groups in total. The smallest absolute Gasteiger partial charge is 0.169 e. The van der Waals surface area contributed by atoms with Crippen molar-refractivity contribution in [1.82, 2.24) is 5.32 Å². The summed E-state index contributed by atoms with van der Waals surface area (Å²) in [5, 5.41) is 3.85. The molecule has 0 amide bonds. The van der Waals surface area contributed by atoms with Crippen LogP contribution in [0.3, 0.4) is 0 Å². The van der Waals surface area contributed by atoms with E-state index in [0.717, 1.165) is 11.1 Å². The average Bonchev–Trinajstić information content (AvgIpc) is 2.48. The molecule has 0 aliphatic carbocycles. The second-order valence-corrected chi connectivity index (χ2v) is 5.36. The van der Waals surface area contributed by atoms with Crippen molar-refractivity contribution in [1.29, 1.82) is 0 Å². The molecule has 112 valence electrons. The first-order chi connectivity index (χ1) is 10.0. The standard InChI is InChI=1S/C17H20ClNO2/c1-11-5-8-16(17(9-11)20-4)21-13-6-7-14(12(2)19-3)15(18)10-13/h5-10,12,19H,1-4H3. The monoisotopic (exact) mass is 305 g/mol. The van der Waals surface area contributed by atoms with E-state index in [1.165, 1.54) is 0 Å². The Labute approximate surface area is 130 Å². The van der Waals surface area contributed by atoms with Crippen molar-refractivity contribution in [2.24, 2.45) is 0 Å². The third kappa shape index (κ3) is 3.69. The predicted octanol–water partition coefficient (Wildman–Crippen LogP) is 4.73. The highest BCUT2D eigenvalue weighted by atomic mass is 35.5. The van der Waals surface area contributed by atoms with Crippen LogP contribution >= 0.6 is 11.6 Å². The van der Waals surface area contributed by atoms with Crippen LogP contribution in [0.2, 0.25) is 5.02 Å². The fourth-order valence-electron chi connectivity index (χ4n) is 2.06. The molecule has 4 heteroatoms. The predicted molar refractivity (Wildman–Crippen MR) is 86.7 cm³/mol. The van der Waals surface area contributed by atoms with Gasteiger partial charge in [-0.1, -0.05) is 23.7 Å². The maximum absolute atomic E-state index is 6.32. The molecule has 0 fully saturated rings. The first kappa shape index (κ1) is 15.7. The molecule has 0 saturated heterocycles. The molecule has 0 aliphatic rings. The fourth-order valence-corrected chi connectivity index (χ4v) is 2.40. The molecule has 2 aromatic carbocycles. The molecule has 0 heterocycles. The third-order valence-corrected chi connectivity index (χ3v) is 3.75. The lowest BCUT2D eigenvalue weighted by Crippen LogP contribution is -2.12. The number of nitrogens with one attached hydrogen (secondary N) is 1. The minimum Gasteiger partial charge on any atom is -0.493 e. The summed E-state index contributed by atoms with van der Waals surface area (Å²) < 4.78 is 11.2. The molecular formula is C17H20ClNO2. The topological polar surface area (TPSA) is 30.5 Å². The maximum Gasteiger partial charge on any atom is 0.169 e. The molecule has 21 heavy (non-hydrogen) atoms. The Morgan fingerprint density at radius 2 is 1.86 bits per heavy atom.